The number of halogens is 1. The number of aryl methyl sites for hydroxylation is 1. The molecule has 0 radical (unpaired) electrons. The number of carbonyl (C=O) groups is 2. The fraction of sp³-hybridized carbons (Fsp3) is 0.267. The Morgan fingerprint density at radius 2 is 2.09 bits per heavy atom. The topological polar surface area (TPSA) is 80.3 Å². The van der Waals surface area contributed by atoms with Crippen LogP contribution < -0.4 is 15.4 Å². The molecule has 0 bridgehead atoms. The van der Waals surface area contributed by atoms with Crippen LogP contribution >= 0.6 is 11.5 Å². The number of carbonyl (C=O) groups excluding carboxylic acids is 2. The van der Waals surface area contributed by atoms with E-state index in [1.807, 2.05) is 0 Å². The molecule has 0 fully saturated rings. The number of hydrogen-bond acceptors (Lipinski definition) is 5. The Hall–Kier alpha value is -2.48. The van der Waals surface area contributed by atoms with E-state index < -0.39 is 17.6 Å². The summed E-state index contributed by atoms with van der Waals surface area (Å²) >= 11 is 1.09. The number of benzene rings is 1. The summed E-state index contributed by atoms with van der Waals surface area (Å²) < 4.78 is 22.8. The highest BCUT2D eigenvalue weighted by atomic mass is 32.1. The summed E-state index contributed by atoms with van der Waals surface area (Å²) in [6.07, 6.45) is 0. The van der Waals surface area contributed by atoms with Gasteiger partial charge in [-0.3, -0.25) is 9.59 Å². The van der Waals surface area contributed by atoms with E-state index in [0.29, 0.717) is 17.2 Å². The number of amides is 2. The van der Waals surface area contributed by atoms with Crippen LogP contribution in [0.1, 0.15) is 18.2 Å². The second-order valence-corrected chi connectivity index (χ2v) is 5.47. The number of nitrogens with one attached hydrogen (secondary N) is 2. The normalized spacial score (nSPS) is 10.2. The minimum absolute atomic E-state index is 0.0390. The Balaban J connectivity index is 1.88. The summed E-state index contributed by atoms with van der Waals surface area (Å²) in [5, 5.41) is 5.37. The van der Waals surface area contributed by atoms with Crippen molar-refractivity contribution in [2.45, 2.75) is 20.4 Å². The third-order valence-electron chi connectivity index (χ3n) is 2.82. The second-order valence-electron chi connectivity index (χ2n) is 4.67. The van der Waals surface area contributed by atoms with Crippen LogP contribution in [-0.4, -0.2) is 22.8 Å². The molecule has 0 spiro atoms. The lowest BCUT2D eigenvalue weighted by molar-refractivity contribution is -0.136. The van der Waals surface area contributed by atoms with Crippen LogP contribution in [0.25, 0.3) is 0 Å². The standard InChI is InChI=1S/C15H16FN3O3S/c1-3-22-12-5-4-10(7-11(12)16)8-17-14(20)15(21)18-13-6-9(2)19-23-13/h4-7H,3,8H2,1-2H3,(H,17,20)(H,18,21). The number of ether oxygens (including phenoxy) is 1. The first-order chi connectivity index (χ1) is 11.0. The number of hydrogen-bond donors (Lipinski definition) is 2. The van der Waals surface area contributed by atoms with E-state index in [-0.39, 0.29) is 12.3 Å². The zero-order valence-corrected chi connectivity index (χ0v) is 13.5. The highest BCUT2D eigenvalue weighted by Gasteiger charge is 2.15. The molecule has 1 heterocycles. The van der Waals surface area contributed by atoms with Crippen molar-refractivity contribution in [3.8, 4) is 5.75 Å². The maximum absolute atomic E-state index is 13.7. The van der Waals surface area contributed by atoms with Gasteiger partial charge >= 0.3 is 11.8 Å². The molecule has 0 atom stereocenters. The molecule has 6 nitrogen and oxygen atoms in total. The summed E-state index contributed by atoms with van der Waals surface area (Å²) in [5.74, 6) is -1.95. The van der Waals surface area contributed by atoms with Crippen LogP contribution in [0.15, 0.2) is 24.3 Å². The first-order valence-corrected chi connectivity index (χ1v) is 7.70. The number of nitrogens with zero attached hydrogens (tertiary/aromatic N) is 1. The fourth-order valence-corrected chi connectivity index (χ4v) is 2.44. The zero-order valence-electron chi connectivity index (χ0n) is 12.7. The Labute approximate surface area is 136 Å². The molecule has 2 N–H and O–H groups in total. The molecule has 0 aliphatic rings. The van der Waals surface area contributed by atoms with E-state index in [4.69, 9.17) is 4.74 Å². The molecule has 0 aliphatic carbocycles. The van der Waals surface area contributed by atoms with Crippen LogP contribution in [0.5, 0.6) is 5.75 Å². The van der Waals surface area contributed by atoms with Crippen molar-refractivity contribution < 1.29 is 18.7 Å². The summed E-state index contributed by atoms with van der Waals surface area (Å²) in [5.41, 5.74) is 1.29. The second kappa shape index (κ2) is 7.68. The van der Waals surface area contributed by atoms with Gasteiger partial charge in [0.1, 0.15) is 5.00 Å². The Kier molecular flexibility index (Phi) is 5.64. The van der Waals surface area contributed by atoms with Gasteiger partial charge in [0.05, 0.1) is 12.3 Å². The molecule has 2 rings (SSSR count). The molecule has 122 valence electrons. The third-order valence-corrected chi connectivity index (χ3v) is 3.62. The summed E-state index contributed by atoms with van der Waals surface area (Å²) in [6, 6.07) is 6.03. The maximum atomic E-state index is 13.7. The van der Waals surface area contributed by atoms with Gasteiger partial charge in [-0.1, -0.05) is 6.07 Å². The van der Waals surface area contributed by atoms with Crippen LogP contribution in [0, 0.1) is 12.7 Å². The van der Waals surface area contributed by atoms with Crippen molar-refractivity contribution in [1.29, 1.82) is 0 Å². The third kappa shape index (κ3) is 4.75. The summed E-state index contributed by atoms with van der Waals surface area (Å²) in [4.78, 5) is 23.4. The average molecular weight is 337 g/mol. The molecule has 1 aromatic heterocycles. The average Bonchev–Trinajstić information content (AvgIpc) is 2.92. The van der Waals surface area contributed by atoms with Gasteiger partial charge < -0.3 is 15.4 Å². The zero-order chi connectivity index (χ0) is 16.8. The molecule has 8 heteroatoms. The first kappa shape index (κ1) is 16.9. The molecule has 2 amide bonds. The molecule has 2 aromatic rings. The van der Waals surface area contributed by atoms with Gasteiger partial charge in [0.15, 0.2) is 11.6 Å². The van der Waals surface area contributed by atoms with Gasteiger partial charge in [-0.25, -0.2) is 4.39 Å². The van der Waals surface area contributed by atoms with E-state index in [9.17, 15) is 14.0 Å². The van der Waals surface area contributed by atoms with E-state index in [0.717, 1.165) is 17.2 Å². The van der Waals surface area contributed by atoms with Crippen molar-refractivity contribution in [2.75, 3.05) is 11.9 Å². The van der Waals surface area contributed by atoms with E-state index in [2.05, 4.69) is 15.0 Å². The highest BCUT2D eigenvalue weighted by Crippen LogP contribution is 2.18. The van der Waals surface area contributed by atoms with E-state index in [1.165, 1.54) is 12.1 Å². The molecule has 0 aliphatic heterocycles. The van der Waals surface area contributed by atoms with Crippen LogP contribution in [0.2, 0.25) is 0 Å². The van der Waals surface area contributed by atoms with E-state index >= 15 is 0 Å². The predicted octanol–water partition coefficient (Wildman–Crippen LogP) is 2.24. The van der Waals surface area contributed by atoms with Gasteiger partial charge in [0, 0.05) is 6.54 Å². The minimum atomic E-state index is -0.801. The lowest BCUT2D eigenvalue weighted by Crippen LogP contribution is -2.34. The monoisotopic (exact) mass is 337 g/mol. The maximum Gasteiger partial charge on any atom is 0.314 e. The van der Waals surface area contributed by atoms with Crippen LogP contribution in [0.3, 0.4) is 0 Å². The van der Waals surface area contributed by atoms with Crippen molar-refractivity contribution in [3.63, 3.8) is 0 Å². The van der Waals surface area contributed by atoms with Crippen molar-refractivity contribution in [3.05, 3.63) is 41.3 Å². The summed E-state index contributed by atoms with van der Waals surface area (Å²) in [7, 11) is 0. The van der Waals surface area contributed by atoms with Gasteiger partial charge in [-0.15, -0.1) is 0 Å². The predicted molar refractivity (Wildman–Crippen MR) is 84.9 cm³/mol. The fourth-order valence-electron chi connectivity index (χ4n) is 1.78. The Morgan fingerprint density at radius 1 is 1.30 bits per heavy atom. The van der Waals surface area contributed by atoms with Gasteiger partial charge in [0.25, 0.3) is 0 Å². The molecule has 1 aromatic carbocycles. The number of rotatable bonds is 5. The molecule has 0 saturated heterocycles. The van der Waals surface area contributed by atoms with Crippen molar-refractivity contribution in [1.82, 2.24) is 9.69 Å². The Morgan fingerprint density at radius 3 is 2.70 bits per heavy atom. The Bertz CT molecular complexity index is 718. The summed E-state index contributed by atoms with van der Waals surface area (Å²) in [6.45, 7) is 3.95. The quantitative estimate of drug-likeness (QED) is 0.820. The van der Waals surface area contributed by atoms with Crippen molar-refractivity contribution in [2.24, 2.45) is 0 Å². The number of aromatic nitrogens is 1. The molecule has 0 unspecified atom stereocenters. The SMILES string of the molecule is CCOc1ccc(CNC(=O)C(=O)Nc2cc(C)ns2)cc1F. The lowest BCUT2D eigenvalue weighted by atomic mass is 10.2. The lowest BCUT2D eigenvalue weighted by Gasteiger charge is -2.08. The van der Waals surface area contributed by atoms with E-state index in [1.54, 1.807) is 26.0 Å². The van der Waals surface area contributed by atoms with Crippen LogP contribution in [-0.2, 0) is 16.1 Å². The first-order valence-electron chi connectivity index (χ1n) is 6.93. The largest absolute Gasteiger partial charge is 0.491 e. The minimum Gasteiger partial charge on any atom is -0.491 e. The van der Waals surface area contributed by atoms with Gasteiger partial charge in [0.2, 0.25) is 0 Å². The molecule has 23 heavy (non-hydrogen) atoms. The highest BCUT2D eigenvalue weighted by molar-refractivity contribution is 7.10. The molecular weight excluding hydrogens is 321 g/mol. The van der Waals surface area contributed by atoms with Gasteiger partial charge in [-0.05, 0) is 49.1 Å². The number of anilines is 1. The smallest absolute Gasteiger partial charge is 0.314 e. The van der Waals surface area contributed by atoms with Crippen LogP contribution in [0.4, 0.5) is 9.39 Å². The molecule has 0 saturated carbocycles. The molecular formula is C15H16FN3O3S. The van der Waals surface area contributed by atoms with Gasteiger partial charge in [-0.2, -0.15) is 4.37 Å². The van der Waals surface area contributed by atoms with Crippen molar-refractivity contribution >= 4 is 28.3 Å².